The van der Waals surface area contributed by atoms with Gasteiger partial charge >= 0.3 is 6.09 Å². The first-order valence-corrected chi connectivity index (χ1v) is 6.41. The average molecular weight is 258 g/mol. The Morgan fingerprint density at radius 3 is 2.50 bits per heavy atom. The molecular weight excluding hydrogens is 236 g/mol. The van der Waals surface area contributed by atoms with E-state index >= 15 is 0 Å². The predicted molar refractivity (Wildman–Crippen MR) is 65.7 cm³/mol. The summed E-state index contributed by atoms with van der Waals surface area (Å²) < 4.78 is 5.04. The zero-order chi connectivity index (χ0) is 13.5. The molecule has 0 bridgehead atoms. The minimum Gasteiger partial charge on any atom is -0.449 e. The van der Waals surface area contributed by atoms with Crippen LogP contribution in [0.25, 0.3) is 0 Å². The van der Waals surface area contributed by atoms with E-state index in [1.54, 1.807) is 0 Å². The molecule has 6 heteroatoms. The summed E-state index contributed by atoms with van der Waals surface area (Å²) in [6.07, 6.45) is 4.00. The molecule has 0 radical (unpaired) electrons. The van der Waals surface area contributed by atoms with Gasteiger partial charge in [-0.15, -0.1) is 0 Å². The molecule has 0 saturated heterocycles. The highest BCUT2D eigenvalue weighted by atomic mass is 16.5. The summed E-state index contributed by atoms with van der Waals surface area (Å²) in [5.41, 5.74) is 5.06. The summed E-state index contributed by atoms with van der Waals surface area (Å²) in [6.45, 7) is 1.74. The van der Waals surface area contributed by atoms with E-state index < -0.39 is 24.1 Å². The van der Waals surface area contributed by atoms with Crippen LogP contribution in [0.5, 0.6) is 0 Å². The molecule has 0 spiro atoms. The number of aliphatic hydroxyl groups is 1. The van der Waals surface area contributed by atoms with Crippen LogP contribution in [-0.4, -0.2) is 35.9 Å². The third kappa shape index (κ3) is 4.91. The number of hydrogen-bond donors (Lipinski definition) is 3. The average Bonchev–Trinajstić information content (AvgIpc) is 2.34. The molecule has 0 aromatic rings. The normalized spacial score (nSPS) is 19.9. The number of aliphatic hydroxyl groups excluding tert-OH is 1. The van der Waals surface area contributed by atoms with E-state index in [-0.39, 0.29) is 0 Å². The fourth-order valence-corrected chi connectivity index (χ4v) is 2.15. The van der Waals surface area contributed by atoms with Crippen LogP contribution in [-0.2, 0) is 9.53 Å². The Bertz CT molecular complexity index is 288. The maximum absolute atomic E-state index is 11.5. The van der Waals surface area contributed by atoms with Crippen molar-refractivity contribution in [3.63, 3.8) is 0 Å². The Labute approximate surface area is 107 Å². The number of ether oxygens (including phenoxy) is 1. The van der Waals surface area contributed by atoms with Gasteiger partial charge in [-0.1, -0.05) is 19.3 Å². The fraction of sp³-hybridized carbons (Fsp3) is 0.833. The highest BCUT2D eigenvalue weighted by molar-refractivity contribution is 5.84. The van der Waals surface area contributed by atoms with Crippen LogP contribution in [0.2, 0.25) is 0 Å². The predicted octanol–water partition coefficient (Wildman–Crippen LogP) is 0.528. The Morgan fingerprint density at radius 2 is 2.00 bits per heavy atom. The number of nitrogens with one attached hydrogen (secondary N) is 1. The van der Waals surface area contributed by atoms with Gasteiger partial charge in [0.2, 0.25) is 5.91 Å². The Balaban J connectivity index is 2.29. The van der Waals surface area contributed by atoms with Crippen molar-refractivity contribution in [1.29, 1.82) is 0 Å². The zero-order valence-electron chi connectivity index (χ0n) is 10.7. The summed E-state index contributed by atoms with van der Waals surface area (Å²) in [4.78, 5) is 22.4. The first-order chi connectivity index (χ1) is 8.50. The summed E-state index contributed by atoms with van der Waals surface area (Å²) in [6, 6.07) is -1.11. The first-order valence-electron chi connectivity index (χ1n) is 6.41. The Morgan fingerprint density at radius 1 is 1.39 bits per heavy atom. The Hall–Kier alpha value is -1.30. The van der Waals surface area contributed by atoms with Gasteiger partial charge in [0.15, 0.2) is 0 Å². The molecule has 18 heavy (non-hydrogen) atoms. The van der Waals surface area contributed by atoms with E-state index in [0.29, 0.717) is 12.5 Å². The molecule has 2 amide bonds. The van der Waals surface area contributed by atoms with Crippen LogP contribution in [0, 0.1) is 5.92 Å². The highest BCUT2D eigenvalue weighted by Gasteiger charge is 2.24. The van der Waals surface area contributed by atoms with Crippen LogP contribution in [0.3, 0.4) is 0 Å². The molecular formula is C12H22N2O4. The maximum atomic E-state index is 11.5. The van der Waals surface area contributed by atoms with Gasteiger partial charge in [0.25, 0.3) is 0 Å². The molecule has 104 valence electrons. The van der Waals surface area contributed by atoms with Crippen molar-refractivity contribution < 1.29 is 19.4 Å². The largest absolute Gasteiger partial charge is 0.449 e. The molecule has 0 heterocycles. The molecule has 1 aliphatic carbocycles. The third-order valence-electron chi connectivity index (χ3n) is 3.24. The number of carbonyl (C=O) groups is 2. The SMILES string of the molecule is CC(O)C(NC(=O)OCC1CCCCC1)C(N)=O. The molecule has 6 nitrogen and oxygen atoms in total. The minimum absolute atomic E-state index is 0.358. The molecule has 1 fully saturated rings. The van der Waals surface area contributed by atoms with Crippen molar-refractivity contribution in [2.24, 2.45) is 11.7 Å². The van der Waals surface area contributed by atoms with E-state index in [9.17, 15) is 14.7 Å². The van der Waals surface area contributed by atoms with Crippen LogP contribution in [0.4, 0.5) is 4.79 Å². The monoisotopic (exact) mass is 258 g/mol. The molecule has 1 saturated carbocycles. The van der Waals surface area contributed by atoms with Gasteiger partial charge in [-0.3, -0.25) is 4.79 Å². The lowest BCUT2D eigenvalue weighted by Gasteiger charge is -2.22. The van der Waals surface area contributed by atoms with Crippen LogP contribution >= 0.6 is 0 Å². The van der Waals surface area contributed by atoms with E-state index in [1.165, 1.54) is 26.2 Å². The third-order valence-corrected chi connectivity index (χ3v) is 3.24. The molecule has 2 atom stereocenters. The topological polar surface area (TPSA) is 102 Å². The number of amides is 2. The van der Waals surface area contributed by atoms with Gasteiger partial charge in [-0.05, 0) is 25.7 Å². The van der Waals surface area contributed by atoms with E-state index in [0.717, 1.165) is 12.8 Å². The maximum Gasteiger partial charge on any atom is 0.407 e. The summed E-state index contributed by atoms with van der Waals surface area (Å²) in [5, 5.41) is 11.5. The molecule has 0 aromatic heterocycles. The van der Waals surface area contributed by atoms with Gasteiger partial charge in [-0.2, -0.15) is 0 Å². The number of hydrogen-bond acceptors (Lipinski definition) is 4. The van der Waals surface area contributed by atoms with Gasteiger partial charge in [0.05, 0.1) is 12.7 Å². The molecule has 1 aliphatic rings. The minimum atomic E-state index is -1.11. The second kappa shape index (κ2) is 7.20. The second-order valence-corrected chi connectivity index (χ2v) is 4.87. The van der Waals surface area contributed by atoms with Gasteiger partial charge in [0.1, 0.15) is 6.04 Å². The molecule has 2 unspecified atom stereocenters. The lowest BCUT2D eigenvalue weighted by Crippen LogP contribution is -2.51. The molecule has 4 N–H and O–H groups in total. The molecule has 0 aromatic carbocycles. The van der Waals surface area contributed by atoms with Crippen molar-refractivity contribution in [3.05, 3.63) is 0 Å². The fourth-order valence-electron chi connectivity index (χ4n) is 2.15. The van der Waals surface area contributed by atoms with Crippen LogP contribution in [0.15, 0.2) is 0 Å². The van der Waals surface area contributed by atoms with Gasteiger partial charge < -0.3 is 20.9 Å². The van der Waals surface area contributed by atoms with Crippen molar-refractivity contribution in [2.45, 2.75) is 51.2 Å². The lowest BCUT2D eigenvalue weighted by molar-refractivity contribution is -0.122. The Kier molecular flexibility index (Phi) is 5.91. The van der Waals surface area contributed by atoms with E-state index in [4.69, 9.17) is 10.5 Å². The number of alkyl carbamates (subject to hydrolysis) is 1. The highest BCUT2D eigenvalue weighted by Crippen LogP contribution is 2.23. The van der Waals surface area contributed by atoms with Crippen molar-refractivity contribution in [3.8, 4) is 0 Å². The lowest BCUT2D eigenvalue weighted by atomic mass is 9.90. The second-order valence-electron chi connectivity index (χ2n) is 4.87. The van der Waals surface area contributed by atoms with E-state index in [1.807, 2.05) is 0 Å². The molecule has 0 aliphatic heterocycles. The van der Waals surface area contributed by atoms with E-state index in [2.05, 4.69) is 5.32 Å². The number of primary amides is 1. The van der Waals surface area contributed by atoms with Gasteiger partial charge in [-0.25, -0.2) is 4.79 Å². The summed E-state index contributed by atoms with van der Waals surface area (Å²) in [7, 11) is 0. The number of nitrogens with two attached hydrogens (primary N) is 1. The van der Waals surface area contributed by atoms with Crippen LogP contribution in [0.1, 0.15) is 39.0 Å². The van der Waals surface area contributed by atoms with Gasteiger partial charge in [0, 0.05) is 0 Å². The van der Waals surface area contributed by atoms with Crippen molar-refractivity contribution >= 4 is 12.0 Å². The van der Waals surface area contributed by atoms with Crippen molar-refractivity contribution in [2.75, 3.05) is 6.61 Å². The number of carbonyl (C=O) groups excluding carboxylic acids is 2. The van der Waals surface area contributed by atoms with Crippen LogP contribution < -0.4 is 11.1 Å². The number of rotatable bonds is 5. The summed E-state index contributed by atoms with van der Waals surface area (Å²) in [5.74, 6) is -0.373. The zero-order valence-corrected chi connectivity index (χ0v) is 10.7. The first kappa shape index (κ1) is 14.8. The quantitative estimate of drug-likeness (QED) is 0.669. The standard InChI is InChI=1S/C12H22N2O4/c1-8(15)10(11(13)16)14-12(17)18-7-9-5-3-2-4-6-9/h8-10,15H,2-7H2,1H3,(H2,13,16)(H,14,17). The summed E-state index contributed by atoms with van der Waals surface area (Å²) >= 11 is 0. The smallest absolute Gasteiger partial charge is 0.407 e. The molecule has 1 rings (SSSR count). The van der Waals surface area contributed by atoms with Crippen molar-refractivity contribution in [1.82, 2.24) is 5.32 Å².